The molecule has 0 N–H and O–H groups in total. The van der Waals surface area contributed by atoms with Crippen LogP contribution in [0.2, 0.25) is 0 Å². The third kappa shape index (κ3) is 9.16. The van der Waals surface area contributed by atoms with Gasteiger partial charge in [0.15, 0.2) is 0 Å². The zero-order chi connectivity index (χ0) is 33.1. The zero-order valence-electron chi connectivity index (χ0n) is 29.1. The van der Waals surface area contributed by atoms with Gasteiger partial charge in [-0.1, -0.05) is 0 Å². The van der Waals surface area contributed by atoms with Crippen molar-refractivity contribution in [1.82, 2.24) is 0 Å². The molecule has 46 heavy (non-hydrogen) atoms. The Labute approximate surface area is 295 Å². The van der Waals surface area contributed by atoms with Gasteiger partial charge in [0.05, 0.1) is 0 Å². The van der Waals surface area contributed by atoms with E-state index in [0.717, 1.165) is 94.5 Å². The summed E-state index contributed by atoms with van der Waals surface area (Å²) in [5.41, 5.74) is 11.5. The fourth-order valence-corrected chi connectivity index (χ4v) is 14.4. The Kier molecular flexibility index (Phi) is 14.9. The van der Waals surface area contributed by atoms with E-state index in [1.165, 1.54) is 49.7 Å². The normalized spacial score (nSPS) is 14.0. The van der Waals surface area contributed by atoms with Crippen molar-refractivity contribution in [2.45, 2.75) is 123 Å². The molecule has 6 heteroatoms. The standard InChI is InChI=1S/C33H50N2.C7H6S.2ClH.Ru/c1-7-13-26-21-28(15-9-3)32(29(22-26)16-10-4)34-19-20-35(25-34)33-30(17-11-5)23-27(14-8-2)24-31(33)18-12-6;1-8-7-5-3-2-4-6-7;;;/h21-24H,7-20H2,1-6H3;1-6H;2*1H;/q;;;;+2/p-2. The summed E-state index contributed by atoms with van der Waals surface area (Å²) in [6.45, 7) is 15.6. The minimum absolute atomic E-state index is 0.898. The van der Waals surface area contributed by atoms with E-state index in [1.54, 1.807) is 11.8 Å². The van der Waals surface area contributed by atoms with Crippen LogP contribution in [0.4, 0.5) is 11.4 Å². The first-order valence-electron chi connectivity index (χ1n) is 17.7. The second-order valence-electron chi connectivity index (χ2n) is 12.5. The molecule has 1 aliphatic heterocycles. The molecule has 0 aliphatic carbocycles. The Morgan fingerprint density at radius 1 is 0.587 bits per heavy atom. The fourth-order valence-electron chi connectivity index (χ4n) is 6.88. The Balaban J connectivity index is 2.04. The first-order chi connectivity index (χ1) is 22.3. The molecule has 0 atom stereocenters. The van der Waals surface area contributed by atoms with Crippen molar-refractivity contribution in [3.63, 3.8) is 0 Å². The Morgan fingerprint density at radius 3 is 1.30 bits per heavy atom. The summed E-state index contributed by atoms with van der Waals surface area (Å²) in [5, 5.41) is 0. The van der Waals surface area contributed by atoms with E-state index in [1.807, 2.05) is 0 Å². The van der Waals surface area contributed by atoms with E-state index < -0.39 is 11.9 Å². The average Bonchev–Trinajstić information content (AvgIpc) is 3.47. The van der Waals surface area contributed by atoms with E-state index in [9.17, 15) is 0 Å². The molecule has 3 aromatic carbocycles. The Bertz CT molecular complexity index is 1420. The number of aryl methyl sites for hydroxylation is 6. The van der Waals surface area contributed by atoms with Crippen LogP contribution in [0.25, 0.3) is 0 Å². The van der Waals surface area contributed by atoms with Crippen molar-refractivity contribution < 1.29 is 11.9 Å². The van der Waals surface area contributed by atoms with Gasteiger partial charge in [0, 0.05) is 0 Å². The second-order valence-corrected chi connectivity index (χ2v) is 23.4. The summed E-state index contributed by atoms with van der Waals surface area (Å²) >= 11 is -1.87. The van der Waals surface area contributed by atoms with E-state index >= 15 is 0 Å². The molecule has 0 spiro atoms. The van der Waals surface area contributed by atoms with Gasteiger partial charge < -0.3 is 0 Å². The molecular weight excluding hydrogens is 712 g/mol. The molecule has 0 bridgehead atoms. The topological polar surface area (TPSA) is 6.48 Å². The summed E-state index contributed by atoms with van der Waals surface area (Å²) in [6.07, 6.45) is 13.3. The van der Waals surface area contributed by atoms with Gasteiger partial charge in [-0.2, -0.15) is 0 Å². The van der Waals surface area contributed by atoms with E-state index in [0.29, 0.717) is 0 Å². The summed E-state index contributed by atoms with van der Waals surface area (Å²) in [4.78, 5) is 6.35. The van der Waals surface area contributed by atoms with Gasteiger partial charge in [-0.3, -0.25) is 0 Å². The number of hydrogen-bond donors (Lipinski definition) is 0. The molecule has 0 radical (unpaired) electrons. The molecule has 4 rings (SSSR count). The molecular formula is C40H56Cl2N2RuS. The van der Waals surface area contributed by atoms with Crippen molar-refractivity contribution in [2.24, 2.45) is 0 Å². The molecule has 0 aromatic heterocycles. The van der Waals surface area contributed by atoms with Gasteiger partial charge in [0.1, 0.15) is 0 Å². The van der Waals surface area contributed by atoms with Crippen LogP contribution in [0.1, 0.15) is 113 Å². The van der Waals surface area contributed by atoms with Crippen LogP contribution in [-0.4, -0.2) is 21.4 Å². The van der Waals surface area contributed by atoms with Gasteiger partial charge in [0.25, 0.3) is 0 Å². The van der Waals surface area contributed by atoms with Crippen molar-refractivity contribution >= 4 is 50.8 Å². The summed E-state index contributed by atoms with van der Waals surface area (Å²) < 4.78 is 3.36. The first kappa shape index (κ1) is 37.4. The third-order valence-corrected chi connectivity index (χ3v) is 17.2. The number of benzene rings is 3. The Morgan fingerprint density at radius 2 is 0.957 bits per heavy atom. The number of halogens is 2. The molecule has 1 fully saturated rings. The van der Waals surface area contributed by atoms with Gasteiger partial charge in [-0.25, -0.2) is 0 Å². The molecule has 1 aliphatic rings. The molecule has 1 heterocycles. The maximum absolute atomic E-state index is 7.80. The fraction of sp³-hybridized carbons (Fsp3) is 0.500. The maximum atomic E-state index is 7.80. The second kappa shape index (κ2) is 18.4. The molecule has 0 unspecified atom stereocenters. The molecule has 0 amide bonds. The van der Waals surface area contributed by atoms with Gasteiger partial charge in [0.2, 0.25) is 0 Å². The summed E-state index contributed by atoms with van der Waals surface area (Å²) in [6, 6.07) is 20.5. The van der Waals surface area contributed by atoms with Gasteiger partial charge in [-0.05, 0) is 0 Å². The average molecular weight is 769 g/mol. The van der Waals surface area contributed by atoms with Crippen LogP contribution in [0.3, 0.4) is 0 Å². The van der Waals surface area contributed by atoms with Gasteiger partial charge in [-0.15, -0.1) is 0 Å². The van der Waals surface area contributed by atoms with E-state index in [-0.39, 0.29) is 0 Å². The Hall–Kier alpha value is -1.45. The van der Waals surface area contributed by atoms with Crippen molar-refractivity contribution in [1.29, 1.82) is 0 Å². The molecule has 2 nitrogen and oxygen atoms in total. The van der Waals surface area contributed by atoms with Crippen molar-refractivity contribution in [3.8, 4) is 0 Å². The molecule has 254 valence electrons. The minimum atomic E-state index is -3.56. The van der Waals surface area contributed by atoms with Crippen LogP contribution in [-0.2, 0) is 50.4 Å². The SMILES string of the molecule is CCCc1cc(CCC)c(N2CCN(c3c(CCC)cc(CCC)cc3CCC)[C]2=[Ru]([Cl])([Cl])=[CH]Sc2ccccc2)c(CCC)c1. The number of thioether (sulfide) groups is 1. The number of hydrogen-bond acceptors (Lipinski definition) is 3. The summed E-state index contributed by atoms with van der Waals surface area (Å²) in [7, 11) is 15.6. The molecule has 1 saturated heterocycles. The predicted octanol–water partition coefficient (Wildman–Crippen LogP) is 11.8. The quantitative estimate of drug-likeness (QED) is 0.106. The third-order valence-electron chi connectivity index (χ3n) is 8.57. The van der Waals surface area contributed by atoms with Gasteiger partial charge >= 0.3 is 297 Å². The number of rotatable bonds is 16. The monoisotopic (exact) mass is 768 g/mol. The zero-order valence-corrected chi connectivity index (χ0v) is 33.2. The van der Waals surface area contributed by atoms with Crippen LogP contribution < -0.4 is 9.80 Å². The molecule has 0 saturated carbocycles. The van der Waals surface area contributed by atoms with E-state index in [4.69, 9.17) is 19.4 Å². The predicted molar refractivity (Wildman–Crippen MR) is 207 cm³/mol. The van der Waals surface area contributed by atoms with Crippen LogP contribution in [0, 0.1) is 0 Å². The summed E-state index contributed by atoms with van der Waals surface area (Å²) in [5.74, 6) is 0. The first-order valence-corrected chi connectivity index (χ1v) is 24.9. The number of anilines is 2. The molecule has 3 aromatic rings. The van der Waals surface area contributed by atoms with E-state index in [2.05, 4.69) is 110 Å². The van der Waals surface area contributed by atoms with Crippen molar-refractivity contribution in [2.75, 3.05) is 22.9 Å². The van der Waals surface area contributed by atoms with Crippen LogP contribution in [0.15, 0.2) is 59.5 Å². The van der Waals surface area contributed by atoms with Crippen molar-refractivity contribution in [3.05, 3.63) is 88.0 Å². The van der Waals surface area contributed by atoms with Crippen LogP contribution >= 0.6 is 31.1 Å². The number of nitrogens with zero attached hydrogens (tertiary/aromatic N) is 2. The van der Waals surface area contributed by atoms with Crippen LogP contribution in [0.5, 0.6) is 0 Å².